The molecular formula is C17H16N2O8S. The van der Waals surface area contributed by atoms with Gasteiger partial charge in [0.1, 0.15) is 5.75 Å². The Balaban J connectivity index is 2.37. The number of carbonyl (C=O) groups excluding carboxylic acids is 3. The number of carbonyl (C=O) groups is 3. The Morgan fingerprint density at radius 2 is 1.57 bits per heavy atom. The van der Waals surface area contributed by atoms with Crippen molar-refractivity contribution in [2.24, 2.45) is 0 Å². The quantitative estimate of drug-likeness (QED) is 0.465. The molecule has 0 aromatic heterocycles. The molecule has 11 heteroatoms. The number of phenolic OH excluding ortho intramolecular Hbond substituents is 1. The number of hydrogen-bond acceptors (Lipinski definition) is 8. The average Bonchev–Trinajstić information content (AvgIpc) is 2.70. The van der Waals surface area contributed by atoms with Crippen molar-refractivity contribution < 1.29 is 37.4 Å². The predicted octanol–water partition coefficient (Wildman–Crippen LogP) is 0.589. The summed E-state index contributed by atoms with van der Waals surface area (Å²) in [5.74, 6) is -3.09. The minimum Gasteiger partial charge on any atom is -0.507 e. The zero-order chi connectivity index (χ0) is 20.9. The number of hydrazine groups is 1. The molecule has 0 spiro atoms. The van der Waals surface area contributed by atoms with Gasteiger partial charge in [-0.25, -0.2) is 18.0 Å². The molecule has 0 saturated heterocycles. The fraction of sp³-hybridized carbons (Fsp3) is 0.118. The number of ether oxygens (including phenoxy) is 2. The van der Waals surface area contributed by atoms with Crippen LogP contribution in [-0.2, 0) is 19.5 Å². The summed E-state index contributed by atoms with van der Waals surface area (Å²) in [5, 5.41) is 9.65. The topological polar surface area (TPSA) is 148 Å². The average molecular weight is 408 g/mol. The number of methoxy groups -OCH3 is 2. The largest absolute Gasteiger partial charge is 0.507 e. The van der Waals surface area contributed by atoms with Gasteiger partial charge < -0.3 is 14.6 Å². The molecular weight excluding hydrogens is 392 g/mol. The van der Waals surface area contributed by atoms with Crippen LogP contribution in [0.4, 0.5) is 0 Å². The summed E-state index contributed by atoms with van der Waals surface area (Å²) in [6.45, 7) is 0. The van der Waals surface area contributed by atoms with E-state index >= 15 is 0 Å². The Morgan fingerprint density at radius 3 is 2.18 bits per heavy atom. The summed E-state index contributed by atoms with van der Waals surface area (Å²) in [7, 11) is -2.34. The molecule has 10 nitrogen and oxygen atoms in total. The van der Waals surface area contributed by atoms with Gasteiger partial charge in [0.2, 0.25) is 0 Å². The molecule has 1 amide bonds. The second kappa shape index (κ2) is 8.50. The third-order valence-corrected chi connectivity index (χ3v) is 4.83. The third kappa shape index (κ3) is 4.45. The van der Waals surface area contributed by atoms with Gasteiger partial charge in [-0.1, -0.05) is 12.1 Å². The maximum atomic E-state index is 12.6. The van der Waals surface area contributed by atoms with Crippen LogP contribution >= 0.6 is 0 Å². The lowest BCUT2D eigenvalue weighted by molar-refractivity contribution is 0.0583. The van der Waals surface area contributed by atoms with Gasteiger partial charge in [-0.05, 0) is 30.3 Å². The Labute approximate surface area is 160 Å². The number of rotatable bonds is 6. The Hall–Kier alpha value is -3.44. The number of hydrogen-bond donors (Lipinski definition) is 3. The summed E-state index contributed by atoms with van der Waals surface area (Å²) in [6, 6.07) is 8.66. The van der Waals surface area contributed by atoms with Crippen molar-refractivity contribution in [2.75, 3.05) is 14.2 Å². The van der Waals surface area contributed by atoms with E-state index in [1.54, 1.807) is 4.83 Å². The lowest BCUT2D eigenvalue weighted by atomic mass is 10.1. The zero-order valence-electron chi connectivity index (χ0n) is 14.8. The van der Waals surface area contributed by atoms with Crippen LogP contribution in [0.15, 0.2) is 47.4 Å². The van der Waals surface area contributed by atoms with Crippen LogP contribution in [0.1, 0.15) is 31.1 Å². The SMILES string of the molecule is COC(=O)c1ccc(C(=O)OC)c(S(=O)(=O)NNC(=O)c2ccccc2O)c1. The second-order valence-electron chi connectivity index (χ2n) is 5.27. The molecule has 0 heterocycles. The Bertz CT molecular complexity index is 1030. The van der Waals surface area contributed by atoms with Crippen LogP contribution in [0, 0.1) is 0 Å². The standard InChI is InChI=1S/C17H16N2O8S/c1-26-16(22)10-7-8-12(17(23)27-2)14(9-10)28(24,25)19-18-15(21)11-5-3-4-6-13(11)20/h3-9,19-20H,1-2H3,(H,18,21). The van der Waals surface area contributed by atoms with Crippen LogP contribution in [0.2, 0.25) is 0 Å². The highest BCUT2D eigenvalue weighted by atomic mass is 32.2. The van der Waals surface area contributed by atoms with Crippen molar-refractivity contribution in [3.63, 3.8) is 0 Å². The van der Waals surface area contributed by atoms with Crippen molar-refractivity contribution in [3.05, 3.63) is 59.2 Å². The number of phenols is 1. The van der Waals surface area contributed by atoms with Gasteiger partial charge in [0.05, 0.1) is 35.8 Å². The van der Waals surface area contributed by atoms with Gasteiger partial charge in [0.15, 0.2) is 0 Å². The smallest absolute Gasteiger partial charge is 0.339 e. The second-order valence-corrected chi connectivity index (χ2v) is 6.92. The van der Waals surface area contributed by atoms with Crippen LogP contribution in [-0.4, -0.2) is 45.6 Å². The summed E-state index contributed by atoms with van der Waals surface area (Å²) in [4.78, 5) is 36.8. The van der Waals surface area contributed by atoms with E-state index in [0.717, 1.165) is 26.4 Å². The highest BCUT2D eigenvalue weighted by Crippen LogP contribution is 2.20. The van der Waals surface area contributed by atoms with E-state index in [9.17, 15) is 27.9 Å². The van der Waals surface area contributed by atoms with E-state index in [1.165, 1.54) is 30.3 Å². The van der Waals surface area contributed by atoms with Gasteiger partial charge in [-0.15, -0.1) is 4.83 Å². The van der Waals surface area contributed by atoms with Crippen LogP contribution in [0.5, 0.6) is 5.75 Å². The fourth-order valence-corrected chi connectivity index (χ4v) is 3.23. The minimum absolute atomic E-state index is 0.137. The maximum Gasteiger partial charge on any atom is 0.339 e. The molecule has 0 atom stereocenters. The summed E-state index contributed by atoms with van der Waals surface area (Å²) in [6.07, 6.45) is 0. The van der Waals surface area contributed by atoms with Crippen LogP contribution < -0.4 is 10.3 Å². The fourth-order valence-electron chi connectivity index (χ4n) is 2.17. The Morgan fingerprint density at radius 1 is 0.929 bits per heavy atom. The van der Waals surface area contributed by atoms with E-state index in [0.29, 0.717) is 0 Å². The van der Waals surface area contributed by atoms with E-state index in [2.05, 4.69) is 9.47 Å². The highest BCUT2D eigenvalue weighted by molar-refractivity contribution is 7.89. The predicted molar refractivity (Wildman–Crippen MR) is 95.0 cm³/mol. The van der Waals surface area contributed by atoms with E-state index < -0.39 is 32.8 Å². The number of para-hydroxylation sites is 1. The first-order valence-electron chi connectivity index (χ1n) is 7.62. The van der Waals surface area contributed by atoms with E-state index in [-0.39, 0.29) is 22.4 Å². The molecule has 2 aromatic carbocycles. The van der Waals surface area contributed by atoms with Gasteiger partial charge in [-0.3, -0.25) is 10.2 Å². The molecule has 28 heavy (non-hydrogen) atoms. The lowest BCUT2D eigenvalue weighted by Crippen LogP contribution is -2.42. The van der Waals surface area contributed by atoms with Crippen molar-refractivity contribution in [2.45, 2.75) is 4.90 Å². The zero-order valence-corrected chi connectivity index (χ0v) is 15.6. The van der Waals surface area contributed by atoms with Crippen LogP contribution in [0.25, 0.3) is 0 Å². The molecule has 0 fully saturated rings. The summed E-state index contributed by atoms with van der Waals surface area (Å²) >= 11 is 0. The first-order chi connectivity index (χ1) is 13.2. The number of aromatic hydroxyl groups is 1. The van der Waals surface area contributed by atoms with Crippen molar-refractivity contribution in [3.8, 4) is 5.75 Å². The maximum absolute atomic E-state index is 12.6. The van der Waals surface area contributed by atoms with Crippen molar-refractivity contribution in [1.29, 1.82) is 0 Å². The number of amides is 1. The molecule has 0 aliphatic rings. The minimum atomic E-state index is -4.50. The molecule has 148 valence electrons. The summed E-state index contributed by atoms with van der Waals surface area (Å²) in [5.41, 5.74) is 1.24. The molecule has 0 aliphatic heterocycles. The van der Waals surface area contributed by atoms with E-state index in [4.69, 9.17) is 0 Å². The van der Waals surface area contributed by atoms with Gasteiger partial charge in [0.25, 0.3) is 15.9 Å². The summed E-state index contributed by atoms with van der Waals surface area (Å²) < 4.78 is 34.3. The number of esters is 2. The molecule has 0 radical (unpaired) electrons. The normalized spacial score (nSPS) is 10.8. The van der Waals surface area contributed by atoms with Gasteiger partial charge in [0, 0.05) is 0 Å². The molecule has 0 unspecified atom stereocenters. The van der Waals surface area contributed by atoms with Gasteiger partial charge in [-0.2, -0.15) is 0 Å². The molecule has 0 saturated carbocycles. The first-order valence-corrected chi connectivity index (χ1v) is 9.10. The van der Waals surface area contributed by atoms with Crippen LogP contribution in [0.3, 0.4) is 0 Å². The molecule has 2 rings (SSSR count). The number of benzene rings is 2. The Kier molecular flexibility index (Phi) is 6.33. The van der Waals surface area contributed by atoms with Gasteiger partial charge >= 0.3 is 11.9 Å². The monoisotopic (exact) mass is 408 g/mol. The molecule has 0 aliphatic carbocycles. The first kappa shape index (κ1) is 20.9. The third-order valence-electron chi connectivity index (χ3n) is 3.55. The molecule has 2 aromatic rings. The number of sulfonamides is 1. The number of nitrogens with one attached hydrogen (secondary N) is 2. The molecule has 3 N–H and O–H groups in total. The van der Waals surface area contributed by atoms with Crippen molar-refractivity contribution >= 4 is 27.9 Å². The van der Waals surface area contributed by atoms with E-state index in [1.807, 2.05) is 5.43 Å². The highest BCUT2D eigenvalue weighted by Gasteiger charge is 2.26. The molecule has 0 bridgehead atoms. The van der Waals surface area contributed by atoms with Crippen molar-refractivity contribution in [1.82, 2.24) is 10.3 Å². The lowest BCUT2D eigenvalue weighted by Gasteiger charge is -2.13.